The zero-order chi connectivity index (χ0) is 13.8. The molecule has 0 saturated carbocycles. The van der Waals surface area contributed by atoms with Gasteiger partial charge in [0.05, 0.1) is 0 Å². The highest BCUT2D eigenvalue weighted by Crippen LogP contribution is 2.26. The third-order valence-electron chi connectivity index (χ3n) is 2.55. The molecule has 0 aliphatic heterocycles. The van der Waals surface area contributed by atoms with Crippen molar-refractivity contribution in [3.8, 4) is 0 Å². The summed E-state index contributed by atoms with van der Waals surface area (Å²) in [7, 11) is 0. The van der Waals surface area contributed by atoms with Crippen LogP contribution in [0.3, 0.4) is 0 Å². The molecule has 1 aromatic carbocycles. The first-order valence-electron chi connectivity index (χ1n) is 5.65. The van der Waals surface area contributed by atoms with Crippen LogP contribution in [0.25, 0.3) is 0 Å². The summed E-state index contributed by atoms with van der Waals surface area (Å²) in [5.74, 6) is 0.112. The quantitative estimate of drug-likeness (QED) is 0.295. The summed E-state index contributed by atoms with van der Waals surface area (Å²) in [5, 5.41) is 12.4. The van der Waals surface area contributed by atoms with Crippen LogP contribution >= 0.6 is 11.8 Å². The Morgan fingerprint density at radius 3 is 2.53 bits per heavy atom. The van der Waals surface area contributed by atoms with E-state index in [1.54, 1.807) is 12.4 Å². The number of aromatic nitrogens is 2. The van der Waals surface area contributed by atoms with E-state index in [1.807, 2.05) is 32.0 Å². The zero-order valence-electron chi connectivity index (χ0n) is 10.7. The van der Waals surface area contributed by atoms with Crippen LogP contribution in [0.15, 0.2) is 45.8 Å². The number of hydrogen-bond donors (Lipinski definition) is 2. The van der Waals surface area contributed by atoms with E-state index in [4.69, 9.17) is 10.9 Å². The number of benzene rings is 1. The fourth-order valence-corrected chi connectivity index (χ4v) is 2.37. The lowest BCUT2D eigenvalue weighted by atomic mass is 10.1. The van der Waals surface area contributed by atoms with E-state index in [-0.39, 0.29) is 5.84 Å². The SMILES string of the molecule is Cc1cnc(Sc2ccc(/C(N)=N/O)c(C)c2)nc1. The summed E-state index contributed by atoms with van der Waals surface area (Å²) in [6.07, 6.45) is 3.57. The molecule has 2 rings (SSSR count). The van der Waals surface area contributed by atoms with Crippen molar-refractivity contribution >= 4 is 17.6 Å². The Labute approximate surface area is 115 Å². The third kappa shape index (κ3) is 3.23. The monoisotopic (exact) mass is 274 g/mol. The first-order chi connectivity index (χ1) is 9.10. The Morgan fingerprint density at radius 2 is 1.95 bits per heavy atom. The lowest BCUT2D eigenvalue weighted by Crippen LogP contribution is -2.14. The lowest BCUT2D eigenvalue weighted by molar-refractivity contribution is 0.318. The molecule has 0 saturated heterocycles. The second kappa shape index (κ2) is 5.71. The molecular formula is C13H14N4OS. The molecular weight excluding hydrogens is 260 g/mol. The summed E-state index contributed by atoms with van der Waals surface area (Å²) in [4.78, 5) is 9.49. The Morgan fingerprint density at radius 1 is 1.26 bits per heavy atom. The van der Waals surface area contributed by atoms with Gasteiger partial charge in [0.2, 0.25) is 0 Å². The van der Waals surface area contributed by atoms with Gasteiger partial charge in [0.1, 0.15) is 0 Å². The van der Waals surface area contributed by atoms with Crippen LogP contribution in [0, 0.1) is 13.8 Å². The minimum Gasteiger partial charge on any atom is -0.409 e. The van der Waals surface area contributed by atoms with Gasteiger partial charge in [-0.15, -0.1) is 0 Å². The Hall–Kier alpha value is -2.08. The lowest BCUT2D eigenvalue weighted by Gasteiger charge is -2.06. The molecule has 0 atom stereocenters. The van der Waals surface area contributed by atoms with Gasteiger partial charge in [0.15, 0.2) is 11.0 Å². The van der Waals surface area contributed by atoms with E-state index in [2.05, 4.69) is 15.1 Å². The Balaban J connectivity index is 2.23. The summed E-state index contributed by atoms with van der Waals surface area (Å²) < 4.78 is 0. The molecule has 0 fully saturated rings. The Bertz CT molecular complexity index is 611. The van der Waals surface area contributed by atoms with Crippen LogP contribution in [-0.4, -0.2) is 21.0 Å². The van der Waals surface area contributed by atoms with E-state index in [9.17, 15) is 0 Å². The molecule has 0 bridgehead atoms. The van der Waals surface area contributed by atoms with Gasteiger partial charge in [-0.1, -0.05) is 5.16 Å². The molecule has 6 heteroatoms. The molecule has 19 heavy (non-hydrogen) atoms. The van der Waals surface area contributed by atoms with Gasteiger partial charge in [-0.2, -0.15) is 0 Å². The molecule has 0 unspecified atom stereocenters. The van der Waals surface area contributed by atoms with Crippen LogP contribution < -0.4 is 5.73 Å². The third-order valence-corrected chi connectivity index (χ3v) is 3.43. The van der Waals surface area contributed by atoms with Gasteiger partial charge in [0.25, 0.3) is 0 Å². The zero-order valence-corrected chi connectivity index (χ0v) is 11.5. The highest BCUT2D eigenvalue weighted by atomic mass is 32.2. The maximum Gasteiger partial charge on any atom is 0.192 e. The van der Waals surface area contributed by atoms with Crippen molar-refractivity contribution in [2.45, 2.75) is 23.9 Å². The molecule has 0 aliphatic carbocycles. The van der Waals surface area contributed by atoms with Gasteiger partial charge in [-0.25, -0.2) is 9.97 Å². The predicted octanol–water partition coefficient (Wildman–Crippen LogP) is 2.34. The summed E-state index contributed by atoms with van der Waals surface area (Å²) >= 11 is 1.47. The minimum atomic E-state index is 0.112. The van der Waals surface area contributed by atoms with Crippen molar-refractivity contribution in [1.29, 1.82) is 0 Å². The molecule has 0 spiro atoms. The molecule has 98 valence electrons. The summed E-state index contributed by atoms with van der Waals surface area (Å²) in [5.41, 5.74) is 8.27. The number of amidine groups is 1. The van der Waals surface area contributed by atoms with Crippen LogP contribution in [0.1, 0.15) is 16.7 Å². The van der Waals surface area contributed by atoms with Crippen LogP contribution in [0.5, 0.6) is 0 Å². The van der Waals surface area contributed by atoms with Crippen molar-refractivity contribution in [3.63, 3.8) is 0 Å². The molecule has 1 heterocycles. The number of rotatable bonds is 3. The van der Waals surface area contributed by atoms with Gasteiger partial charge < -0.3 is 10.9 Å². The van der Waals surface area contributed by atoms with E-state index in [1.165, 1.54) is 11.8 Å². The summed E-state index contributed by atoms with van der Waals surface area (Å²) in [6.45, 7) is 3.86. The minimum absolute atomic E-state index is 0.112. The predicted molar refractivity (Wildman–Crippen MR) is 74.6 cm³/mol. The van der Waals surface area contributed by atoms with E-state index in [0.29, 0.717) is 5.16 Å². The molecule has 3 N–H and O–H groups in total. The van der Waals surface area contributed by atoms with E-state index >= 15 is 0 Å². The fourth-order valence-electron chi connectivity index (χ4n) is 1.58. The number of hydrogen-bond acceptors (Lipinski definition) is 5. The van der Waals surface area contributed by atoms with Crippen LogP contribution in [-0.2, 0) is 0 Å². The molecule has 0 aliphatic rings. The van der Waals surface area contributed by atoms with E-state index in [0.717, 1.165) is 21.6 Å². The van der Waals surface area contributed by atoms with Gasteiger partial charge in [-0.3, -0.25) is 0 Å². The topological polar surface area (TPSA) is 84.4 Å². The van der Waals surface area contributed by atoms with Crippen molar-refractivity contribution in [1.82, 2.24) is 9.97 Å². The van der Waals surface area contributed by atoms with Crippen LogP contribution in [0.2, 0.25) is 0 Å². The van der Waals surface area contributed by atoms with Crippen molar-refractivity contribution in [2.24, 2.45) is 10.9 Å². The normalized spacial score (nSPS) is 11.6. The maximum atomic E-state index is 8.68. The Kier molecular flexibility index (Phi) is 4.01. The van der Waals surface area contributed by atoms with Crippen molar-refractivity contribution in [2.75, 3.05) is 0 Å². The number of nitrogens with zero attached hydrogens (tertiary/aromatic N) is 3. The first-order valence-corrected chi connectivity index (χ1v) is 6.47. The standard InChI is InChI=1S/C13H14N4OS/c1-8-6-15-13(16-7-8)19-10-3-4-11(9(2)5-10)12(14)17-18/h3-7,18H,1-2H3,(H2,14,17). The first kappa shape index (κ1) is 13.4. The molecule has 5 nitrogen and oxygen atoms in total. The average molecular weight is 274 g/mol. The summed E-state index contributed by atoms with van der Waals surface area (Å²) in [6, 6.07) is 5.68. The number of nitrogens with two attached hydrogens (primary N) is 1. The van der Waals surface area contributed by atoms with Gasteiger partial charge >= 0.3 is 0 Å². The second-order valence-electron chi connectivity index (χ2n) is 4.11. The molecule has 2 aromatic rings. The molecule has 0 radical (unpaired) electrons. The fraction of sp³-hybridized carbons (Fsp3) is 0.154. The average Bonchev–Trinajstić information content (AvgIpc) is 2.41. The smallest absolute Gasteiger partial charge is 0.192 e. The highest BCUT2D eigenvalue weighted by Gasteiger charge is 2.06. The molecule has 1 aromatic heterocycles. The van der Waals surface area contributed by atoms with Crippen LogP contribution in [0.4, 0.5) is 0 Å². The van der Waals surface area contributed by atoms with Crippen molar-refractivity contribution < 1.29 is 5.21 Å². The van der Waals surface area contributed by atoms with Crippen molar-refractivity contribution in [3.05, 3.63) is 47.3 Å². The number of oxime groups is 1. The second-order valence-corrected chi connectivity index (χ2v) is 5.15. The highest BCUT2D eigenvalue weighted by molar-refractivity contribution is 7.99. The largest absolute Gasteiger partial charge is 0.409 e. The maximum absolute atomic E-state index is 8.68. The van der Waals surface area contributed by atoms with Gasteiger partial charge in [-0.05, 0) is 54.9 Å². The molecule has 0 amide bonds. The van der Waals surface area contributed by atoms with E-state index < -0.39 is 0 Å². The van der Waals surface area contributed by atoms with Gasteiger partial charge in [0, 0.05) is 22.9 Å². The number of aryl methyl sites for hydroxylation is 2.